The van der Waals surface area contributed by atoms with E-state index >= 15 is 0 Å². The number of nitrogens with zero attached hydrogens (tertiary/aromatic N) is 2. The molecule has 4 heterocycles. The van der Waals surface area contributed by atoms with Gasteiger partial charge in [0.05, 0.1) is 30.0 Å². The molecule has 4 aliphatic rings. The number of likely N-dealkylation sites (tertiary alicyclic amines) is 2. The molecule has 0 aromatic carbocycles. The van der Waals surface area contributed by atoms with Crippen molar-refractivity contribution in [3.8, 4) is 0 Å². The molecule has 5 atom stereocenters. The number of ether oxygens (including phenoxy) is 1. The van der Waals surface area contributed by atoms with E-state index in [0.29, 0.717) is 13.0 Å². The molecule has 0 radical (unpaired) electrons. The molecule has 4 saturated heterocycles. The third-order valence-electron chi connectivity index (χ3n) is 5.56. The van der Waals surface area contributed by atoms with Crippen LogP contribution in [0.25, 0.3) is 0 Å². The van der Waals surface area contributed by atoms with Crippen LogP contribution in [0.15, 0.2) is 0 Å². The highest BCUT2D eigenvalue weighted by molar-refractivity contribution is 6.08. The van der Waals surface area contributed by atoms with E-state index in [1.807, 2.05) is 0 Å². The van der Waals surface area contributed by atoms with E-state index in [-0.39, 0.29) is 43.0 Å². The second-order valence-electron chi connectivity index (χ2n) is 6.77. The average Bonchev–Trinajstić information content (AvgIpc) is 3.26. The number of hydrogen-bond acceptors (Lipinski definition) is 5. The first-order chi connectivity index (χ1) is 11.0. The maximum Gasteiger partial charge on any atom is 0.308 e. The number of rotatable bonds is 3. The Morgan fingerprint density at radius 2 is 1.70 bits per heavy atom. The van der Waals surface area contributed by atoms with Gasteiger partial charge in [0.15, 0.2) is 0 Å². The molecule has 3 amide bonds. The molecule has 23 heavy (non-hydrogen) atoms. The van der Waals surface area contributed by atoms with Gasteiger partial charge in [0, 0.05) is 13.1 Å². The van der Waals surface area contributed by atoms with Crippen molar-refractivity contribution in [1.82, 2.24) is 9.80 Å². The van der Waals surface area contributed by atoms with Gasteiger partial charge >= 0.3 is 5.97 Å². The van der Waals surface area contributed by atoms with Gasteiger partial charge in [-0.2, -0.15) is 0 Å². The lowest BCUT2D eigenvalue weighted by molar-refractivity contribution is -0.148. The Balaban J connectivity index is 1.43. The van der Waals surface area contributed by atoms with Crippen LogP contribution in [0.1, 0.15) is 19.3 Å². The number of amides is 3. The van der Waals surface area contributed by atoms with Gasteiger partial charge < -0.3 is 14.7 Å². The molecule has 0 saturated carbocycles. The summed E-state index contributed by atoms with van der Waals surface area (Å²) in [6, 6.07) is 0. The van der Waals surface area contributed by atoms with Gasteiger partial charge in [0.1, 0.15) is 6.54 Å². The highest BCUT2D eigenvalue weighted by Crippen LogP contribution is 2.48. The largest absolute Gasteiger partial charge is 0.481 e. The molecule has 2 bridgehead atoms. The zero-order chi connectivity index (χ0) is 16.3. The number of aliphatic carboxylic acids is 1. The number of carbonyl (C=O) groups is 4. The van der Waals surface area contributed by atoms with Crippen LogP contribution in [0.2, 0.25) is 0 Å². The van der Waals surface area contributed by atoms with Crippen LogP contribution in [0.5, 0.6) is 0 Å². The van der Waals surface area contributed by atoms with Gasteiger partial charge in [0.25, 0.3) is 0 Å². The number of fused-ring (bicyclic) bond motifs is 5. The maximum absolute atomic E-state index is 12.5. The second-order valence-corrected chi connectivity index (χ2v) is 6.77. The third-order valence-corrected chi connectivity index (χ3v) is 5.56. The molecule has 8 heteroatoms. The summed E-state index contributed by atoms with van der Waals surface area (Å²) >= 11 is 0. The van der Waals surface area contributed by atoms with Crippen LogP contribution < -0.4 is 0 Å². The number of hydrogen-bond donors (Lipinski definition) is 1. The first-order valence-electron chi connectivity index (χ1n) is 7.98. The lowest BCUT2D eigenvalue weighted by Crippen LogP contribution is -2.43. The number of carboxylic acid groups (broad SMARTS) is 1. The molecular formula is C15H18N2O6. The van der Waals surface area contributed by atoms with Crippen LogP contribution in [-0.2, 0) is 23.9 Å². The Labute approximate surface area is 132 Å². The van der Waals surface area contributed by atoms with Crippen LogP contribution in [0.3, 0.4) is 0 Å². The van der Waals surface area contributed by atoms with Crippen LogP contribution in [0, 0.1) is 17.8 Å². The van der Waals surface area contributed by atoms with E-state index in [1.54, 1.807) is 0 Å². The molecule has 124 valence electrons. The minimum Gasteiger partial charge on any atom is -0.481 e. The van der Waals surface area contributed by atoms with Crippen molar-refractivity contribution in [2.45, 2.75) is 31.5 Å². The standard InChI is InChI=1S/C15H18N2O6/c18-10(16-4-3-7(5-16)15(21)22)6-17-13(19)11-8-1-2-9(23-8)12(11)14(17)20/h7-9,11-12H,1-6H2,(H,21,22). The van der Waals surface area contributed by atoms with Gasteiger partial charge in [0.2, 0.25) is 17.7 Å². The summed E-state index contributed by atoms with van der Waals surface area (Å²) in [5, 5.41) is 8.98. The topological polar surface area (TPSA) is 104 Å². The van der Waals surface area contributed by atoms with Crippen molar-refractivity contribution in [1.29, 1.82) is 0 Å². The van der Waals surface area contributed by atoms with Gasteiger partial charge in [-0.1, -0.05) is 0 Å². The number of imide groups is 1. The van der Waals surface area contributed by atoms with Crippen molar-refractivity contribution in [2.75, 3.05) is 19.6 Å². The summed E-state index contributed by atoms with van der Waals surface area (Å²) in [6.45, 7) is 0.218. The Bertz CT molecular complexity index is 577. The van der Waals surface area contributed by atoms with Crippen molar-refractivity contribution in [3.63, 3.8) is 0 Å². The van der Waals surface area contributed by atoms with E-state index in [1.165, 1.54) is 4.90 Å². The van der Waals surface area contributed by atoms with Gasteiger partial charge in [-0.15, -0.1) is 0 Å². The zero-order valence-electron chi connectivity index (χ0n) is 12.5. The Morgan fingerprint density at radius 1 is 1.09 bits per heavy atom. The Hall–Kier alpha value is -1.96. The zero-order valence-corrected chi connectivity index (χ0v) is 12.5. The fourth-order valence-corrected chi connectivity index (χ4v) is 4.35. The summed E-state index contributed by atoms with van der Waals surface area (Å²) < 4.78 is 5.64. The Morgan fingerprint density at radius 3 is 2.22 bits per heavy atom. The van der Waals surface area contributed by atoms with E-state index in [0.717, 1.165) is 17.7 Å². The first-order valence-corrected chi connectivity index (χ1v) is 7.98. The van der Waals surface area contributed by atoms with Crippen molar-refractivity contribution >= 4 is 23.7 Å². The minimum atomic E-state index is -0.920. The summed E-state index contributed by atoms with van der Waals surface area (Å²) in [4.78, 5) is 50.7. The maximum atomic E-state index is 12.5. The predicted molar refractivity (Wildman–Crippen MR) is 73.9 cm³/mol. The normalized spacial score (nSPS) is 38.5. The molecule has 5 unspecified atom stereocenters. The molecule has 1 N–H and O–H groups in total. The molecule has 0 aromatic rings. The summed E-state index contributed by atoms with van der Waals surface area (Å²) in [5.41, 5.74) is 0. The third kappa shape index (κ3) is 2.08. The number of carbonyl (C=O) groups excluding carboxylic acids is 3. The smallest absolute Gasteiger partial charge is 0.308 e. The van der Waals surface area contributed by atoms with Crippen molar-refractivity contribution in [2.24, 2.45) is 17.8 Å². The van der Waals surface area contributed by atoms with Crippen LogP contribution in [0.4, 0.5) is 0 Å². The summed E-state index contributed by atoms with van der Waals surface area (Å²) in [5.74, 6) is -3.32. The monoisotopic (exact) mass is 322 g/mol. The van der Waals surface area contributed by atoms with Gasteiger partial charge in [-0.3, -0.25) is 24.1 Å². The van der Waals surface area contributed by atoms with Crippen LogP contribution >= 0.6 is 0 Å². The molecule has 0 aliphatic carbocycles. The molecule has 0 spiro atoms. The van der Waals surface area contributed by atoms with E-state index in [4.69, 9.17) is 9.84 Å². The second kappa shape index (κ2) is 5.02. The summed E-state index contributed by atoms with van der Waals surface area (Å²) in [6.07, 6.45) is 1.61. The van der Waals surface area contributed by atoms with E-state index < -0.39 is 23.7 Å². The molecule has 0 aromatic heterocycles. The molecule has 4 rings (SSSR count). The highest BCUT2D eigenvalue weighted by atomic mass is 16.5. The van der Waals surface area contributed by atoms with Gasteiger partial charge in [-0.25, -0.2) is 0 Å². The molecule has 8 nitrogen and oxygen atoms in total. The lowest BCUT2D eigenvalue weighted by Gasteiger charge is -2.21. The van der Waals surface area contributed by atoms with Crippen LogP contribution in [-0.4, -0.2) is 70.4 Å². The SMILES string of the molecule is O=C(O)C1CCN(C(=O)CN2C(=O)C3C4CCC(O4)C3C2=O)C1. The van der Waals surface area contributed by atoms with Crippen molar-refractivity contribution in [3.05, 3.63) is 0 Å². The van der Waals surface area contributed by atoms with Gasteiger partial charge in [-0.05, 0) is 19.3 Å². The molecular weight excluding hydrogens is 304 g/mol. The fraction of sp³-hybridized carbons (Fsp3) is 0.733. The molecule has 4 aliphatic heterocycles. The summed E-state index contributed by atoms with van der Waals surface area (Å²) in [7, 11) is 0. The van der Waals surface area contributed by atoms with E-state index in [2.05, 4.69) is 0 Å². The quantitative estimate of drug-likeness (QED) is 0.674. The fourth-order valence-electron chi connectivity index (χ4n) is 4.35. The first kappa shape index (κ1) is 14.6. The lowest BCUT2D eigenvalue weighted by atomic mass is 9.81. The predicted octanol–water partition coefficient (Wildman–Crippen LogP) is -0.918. The Kier molecular flexibility index (Phi) is 3.19. The van der Waals surface area contributed by atoms with E-state index in [9.17, 15) is 19.2 Å². The number of carboxylic acids is 1. The average molecular weight is 322 g/mol. The minimum absolute atomic E-state index is 0.144. The van der Waals surface area contributed by atoms with Crippen molar-refractivity contribution < 1.29 is 29.0 Å². The highest BCUT2D eigenvalue weighted by Gasteiger charge is 2.62. The molecule has 4 fully saturated rings.